The van der Waals surface area contributed by atoms with E-state index in [4.69, 9.17) is 4.74 Å². The van der Waals surface area contributed by atoms with Crippen LogP contribution in [-0.4, -0.2) is 35.9 Å². The summed E-state index contributed by atoms with van der Waals surface area (Å²) in [5.41, 5.74) is 2.60. The number of likely N-dealkylation sites (tertiary alicyclic amines) is 1. The number of carbonyl (C=O) groups is 2. The van der Waals surface area contributed by atoms with Crippen LogP contribution < -0.4 is 15.4 Å². The highest BCUT2D eigenvalue weighted by Gasteiger charge is 2.29. The molecule has 2 heterocycles. The fourth-order valence-electron chi connectivity index (χ4n) is 3.78. The topological polar surface area (TPSA) is 70.7 Å². The Balaban J connectivity index is 1.29. The summed E-state index contributed by atoms with van der Waals surface area (Å²) in [4.78, 5) is 27.0. The number of amides is 2. The predicted molar refractivity (Wildman–Crippen MR) is 113 cm³/mol. The molecule has 1 saturated heterocycles. The van der Waals surface area contributed by atoms with Crippen molar-refractivity contribution in [2.75, 3.05) is 23.7 Å². The Bertz CT molecular complexity index is 873. The lowest BCUT2D eigenvalue weighted by molar-refractivity contribution is -0.128. The van der Waals surface area contributed by atoms with Crippen molar-refractivity contribution in [3.8, 4) is 5.75 Å². The molecular formula is C23H27N3O3. The quantitative estimate of drug-likeness (QED) is 0.814. The van der Waals surface area contributed by atoms with Gasteiger partial charge in [0.2, 0.25) is 5.91 Å². The predicted octanol–water partition coefficient (Wildman–Crippen LogP) is 3.65. The smallest absolute Gasteiger partial charge is 0.266 e. The Kier molecular flexibility index (Phi) is 5.81. The number of piperidine rings is 1. The maximum atomic E-state index is 12.4. The molecule has 0 saturated carbocycles. The lowest BCUT2D eigenvalue weighted by Crippen LogP contribution is -2.39. The van der Waals surface area contributed by atoms with Crippen molar-refractivity contribution in [1.29, 1.82) is 0 Å². The van der Waals surface area contributed by atoms with Crippen LogP contribution in [0.2, 0.25) is 0 Å². The van der Waals surface area contributed by atoms with Crippen molar-refractivity contribution >= 4 is 23.2 Å². The molecule has 0 aliphatic carbocycles. The molecule has 2 aliphatic rings. The highest BCUT2D eigenvalue weighted by molar-refractivity contribution is 6.01. The molecule has 2 aromatic carbocycles. The van der Waals surface area contributed by atoms with Crippen LogP contribution in [0.4, 0.5) is 11.4 Å². The summed E-state index contributed by atoms with van der Waals surface area (Å²) in [7, 11) is 0. The van der Waals surface area contributed by atoms with Gasteiger partial charge in [-0.3, -0.25) is 14.5 Å². The maximum Gasteiger partial charge on any atom is 0.266 e. The molecule has 29 heavy (non-hydrogen) atoms. The van der Waals surface area contributed by atoms with E-state index >= 15 is 0 Å². The number of rotatable bonds is 5. The van der Waals surface area contributed by atoms with E-state index in [1.54, 1.807) is 12.1 Å². The number of nitrogens with zero attached hydrogens (tertiary/aromatic N) is 1. The molecule has 2 N–H and O–H groups in total. The maximum absolute atomic E-state index is 12.4. The van der Waals surface area contributed by atoms with E-state index in [-0.39, 0.29) is 18.2 Å². The number of nitrogens with one attached hydrogen (secondary N) is 2. The average molecular weight is 393 g/mol. The molecule has 4 rings (SSSR count). The fourth-order valence-corrected chi connectivity index (χ4v) is 3.78. The highest BCUT2D eigenvalue weighted by atomic mass is 16.5. The molecule has 0 aromatic heterocycles. The molecule has 2 aliphatic heterocycles. The number of para-hydroxylation sites is 2. The Morgan fingerprint density at radius 3 is 2.62 bits per heavy atom. The van der Waals surface area contributed by atoms with E-state index in [2.05, 4.69) is 22.5 Å². The minimum atomic E-state index is -0.828. The molecule has 2 aromatic rings. The monoisotopic (exact) mass is 393 g/mol. The second-order valence-electron chi connectivity index (χ2n) is 8.00. The van der Waals surface area contributed by atoms with Gasteiger partial charge < -0.3 is 15.4 Å². The van der Waals surface area contributed by atoms with Gasteiger partial charge in [0.1, 0.15) is 5.75 Å². The van der Waals surface area contributed by atoms with Gasteiger partial charge in [-0.2, -0.15) is 0 Å². The molecule has 1 atom stereocenters. The molecule has 6 nitrogen and oxygen atoms in total. The molecule has 0 spiro atoms. The Morgan fingerprint density at radius 2 is 1.86 bits per heavy atom. The van der Waals surface area contributed by atoms with Crippen molar-refractivity contribution < 1.29 is 14.3 Å². The van der Waals surface area contributed by atoms with Crippen LogP contribution in [0, 0.1) is 5.92 Å². The average Bonchev–Trinajstić information content (AvgIpc) is 2.72. The summed E-state index contributed by atoms with van der Waals surface area (Å²) in [5.74, 6) is 0.862. The number of ether oxygens (including phenoxy) is 1. The first-order valence-corrected chi connectivity index (χ1v) is 10.2. The van der Waals surface area contributed by atoms with Crippen molar-refractivity contribution in [2.45, 2.75) is 38.8 Å². The van der Waals surface area contributed by atoms with Crippen LogP contribution in [0.3, 0.4) is 0 Å². The zero-order chi connectivity index (χ0) is 20.2. The van der Waals surface area contributed by atoms with Gasteiger partial charge >= 0.3 is 0 Å². The van der Waals surface area contributed by atoms with Crippen molar-refractivity contribution in [3.63, 3.8) is 0 Å². The van der Waals surface area contributed by atoms with Gasteiger partial charge in [-0.25, -0.2) is 0 Å². The lowest BCUT2D eigenvalue weighted by atomic mass is 9.99. The summed E-state index contributed by atoms with van der Waals surface area (Å²) < 4.78 is 5.69. The normalized spacial score (nSPS) is 19.8. The summed E-state index contributed by atoms with van der Waals surface area (Å²) in [5, 5.41) is 5.64. The summed E-state index contributed by atoms with van der Waals surface area (Å²) >= 11 is 0. The molecule has 0 bridgehead atoms. The number of benzene rings is 2. The van der Waals surface area contributed by atoms with E-state index in [1.807, 2.05) is 36.4 Å². The van der Waals surface area contributed by atoms with Crippen LogP contribution in [0.5, 0.6) is 5.75 Å². The third-order valence-corrected chi connectivity index (χ3v) is 5.60. The molecule has 0 radical (unpaired) electrons. The summed E-state index contributed by atoms with van der Waals surface area (Å²) in [6.07, 6.45) is 1.66. The number of hydrogen-bond acceptors (Lipinski definition) is 4. The lowest BCUT2D eigenvalue weighted by Gasteiger charge is -2.30. The third kappa shape index (κ3) is 4.95. The van der Waals surface area contributed by atoms with E-state index in [0.29, 0.717) is 11.4 Å². The van der Waals surface area contributed by atoms with Gasteiger partial charge in [0.25, 0.3) is 5.91 Å². The second-order valence-corrected chi connectivity index (χ2v) is 8.00. The van der Waals surface area contributed by atoms with Crippen LogP contribution in [0.15, 0.2) is 48.5 Å². The highest BCUT2D eigenvalue weighted by Crippen LogP contribution is 2.29. The van der Waals surface area contributed by atoms with Gasteiger partial charge in [-0.05, 0) is 61.7 Å². The molecule has 6 heteroatoms. The van der Waals surface area contributed by atoms with E-state index in [0.717, 1.165) is 31.2 Å². The first-order chi connectivity index (χ1) is 14.1. The number of anilines is 2. The van der Waals surface area contributed by atoms with Crippen LogP contribution in [0.25, 0.3) is 0 Å². The molecule has 1 fully saturated rings. The largest absolute Gasteiger partial charge is 0.478 e. The summed E-state index contributed by atoms with van der Waals surface area (Å²) in [6, 6.07) is 15.1. The van der Waals surface area contributed by atoms with Crippen LogP contribution in [-0.2, 0) is 16.1 Å². The van der Waals surface area contributed by atoms with Crippen molar-refractivity contribution in [2.24, 2.45) is 5.92 Å². The molecule has 2 amide bonds. The van der Waals surface area contributed by atoms with E-state index in [9.17, 15) is 9.59 Å². The Hall–Kier alpha value is -2.86. The SMILES string of the molecule is CC1CCN(Cc2ccc(NC(=O)C[C@H]3Oc4ccccc4NC3=O)cc2)CC1. The minimum Gasteiger partial charge on any atom is -0.478 e. The van der Waals surface area contributed by atoms with Gasteiger partial charge in [0.15, 0.2) is 6.10 Å². The Labute approximate surface area is 171 Å². The standard InChI is InChI=1S/C23H27N3O3/c1-16-10-12-26(13-11-16)15-17-6-8-18(9-7-17)24-22(27)14-21-23(28)25-19-4-2-3-5-20(19)29-21/h2-9,16,21H,10-15H2,1H3,(H,24,27)(H,25,28)/t21-/m1/s1. The number of fused-ring (bicyclic) bond motifs is 1. The number of carbonyl (C=O) groups excluding carboxylic acids is 2. The third-order valence-electron chi connectivity index (χ3n) is 5.60. The first kappa shape index (κ1) is 19.5. The minimum absolute atomic E-state index is 0.0338. The van der Waals surface area contributed by atoms with Crippen LogP contribution in [0.1, 0.15) is 31.7 Å². The van der Waals surface area contributed by atoms with E-state index < -0.39 is 6.10 Å². The second kappa shape index (κ2) is 8.66. The zero-order valence-electron chi connectivity index (χ0n) is 16.7. The van der Waals surface area contributed by atoms with Crippen molar-refractivity contribution in [1.82, 2.24) is 4.90 Å². The van der Waals surface area contributed by atoms with E-state index in [1.165, 1.54) is 18.4 Å². The molecule has 0 unspecified atom stereocenters. The first-order valence-electron chi connectivity index (χ1n) is 10.2. The van der Waals surface area contributed by atoms with Crippen LogP contribution >= 0.6 is 0 Å². The molecular weight excluding hydrogens is 366 g/mol. The Morgan fingerprint density at radius 1 is 1.14 bits per heavy atom. The zero-order valence-corrected chi connectivity index (χ0v) is 16.7. The van der Waals surface area contributed by atoms with Crippen molar-refractivity contribution in [3.05, 3.63) is 54.1 Å². The number of hydrogen-bond donors (Lipinski definition) is 2. The van der Waals surface area contributed by atoms with Gasteiger partial charge in [0, 0.05) is 12.2 Å². The fraction of sp³-hybridized carbons (Fsp3) is 0.391. The summed E-state index contributed by atoms with van der Waals surface area (Å²) in [6.45, 7) is 5.55. The van der Waals surface area contributed by atoms with Gasteiger partial charge in [-0.15, -0.1) is 0 Å². The van der Waals surface area contributed by atoms with Gasteiger partial charge in [0.05, 0.1) is 12.1 Å². The molecule has 152 valence electrons. The van der Waals surface area contributed by atoms with Gasteiger partial charge in [-0.1, -0.05) is 31.2 Å².